The molecule has 0 fully saturated rings. The topological polar surface area (TPSA) is 9.23 Å². The smallest absolute Gasteiger partial charge is 0.143 e. The maximum Gasteiger partial charge on any atom is 0.143 e. The average molecular weight is 486 g/mol. The van der Waals surface area contributed by atoms with Gasteiger partial charge in [0.15, 0.2) is 0 Å². The van der Waals surface area contributed by atoms with Gasteiger partial charge in [-0.05, 0) is 81.9 Å². The van der Waals surface area contributed by atoms with Gasteiger partial charge < -0.3 is 4.74 Å². The van der Waals surface area contributed by atoms with Gasteiger partial charge in [0.25, 0.3) is 0 Å². The highest BCUT2D eigenvalue weighted by molar-refractivity contribution is 9.15. The molecule has 0 saturated heterocycles. The largest absolute Gasteiger partial charge is 0.456 e. The number of para-hydroxylation sites is 1. The summed E-state index contributed by atoms with van der Waals surface area (Å²) in [6.45, 7) is 0. The molecule has 5 heteroatoms. The molecule has 0 heterocycles. The molecule has 17 heavy (non-hydrogen) atoms. The molecule has 0 atom stereocenters. The van der Waals surface area contributed by atoms with E-state index in [1.165, 1.54) is 0 Å². The standard InChI is InChI=1S/C12H6Br4O/c13-8-6-9(11(15)12(16)10(8)14)17-7-4-2-1-3-5-7/h1-6H. The van der Waals surface area contributed by atoms with Crippen LogP contribution in [0.15, 0.2) is 54.3 Å². The summed E-state index contributed by atoms with van der Waals surface area (Å²) in [5, 5.41) is 0. The molecule has 88 valence electrons. The Kier molecular flexibility index (Phi) is 4.69. The summed E-state index contributed by atoms with van der Waals surface area (Å²) in [5.74, 6) is 1.55. The van der Waals surface area contributed by atoms with Crippen LogP contribution in [0.3, 0.4) is 0 Å². The predicted molar refractivity (Wildman–Crippen MR) is 83.8 cm³/mol. The fourth-order valence-electron chi connectivity index (χ4n) is 1.24. The van der Waals surface area contributed by atoms with Gasteiger partial charge in [0.1, 0.15) is 11.5 Å². The zero-order valence-electron chi connectivity index (χ0n) is 8.38. The lowest BCUT2D eigenvalue weighted by Gasteiger charge is -2.11. The monoisotopic (exact) mass is 482 g/mol. The Morgan fingerprint density at radius 3 is 2.06 bits per heavy atom. The van der Waals surface area contributed by atoms with Gasteiger partial charge in [-0.15, -0.1) is 0 Å². The Bertz CT molecular complexity index is 540. The van der Waals surface area contributed by atoms with Crippen molar-refractivity contribution >= 4 is 63.7 Å². The molecular formula is C12H6Br4O. The lowest BCUT2D eigenvalue weighted by Crippen LogP contribution is -1.87. The summed E-state index contributed by atoms with van der Waals surface area (Å²) in [6.07, 6.45) is 0. The molecule has 1 nitrogen and oxygen atoms in total. The van der Waals surface area contributed by atoms with Gasteiger partial charge in [0, 0.05) is 8.95 Å². The third kappa shape index (κ3) is 3.13. The van der Waals surface area contributed by atoms with Crippen molar-refractivity contribution in [3.8, 4) is 11.5 Å². The molecule has 0 amide bonds. The quantitative estimate of drug-likeness (QED) is 0.347. The van der Waals surface area contributed by atoms with Crippen LogP contribution in [0.2, 0.25) is 0 Å². The molecular weight excluding hydrogens is 480 g/mol. The number of hydrogen-bond acceptors (Lipinski definition) is 1. The van der Waals surface area contributed by atoms with Gasteiger partial charge in [-0.1, -0.05) is 18.2 Å². The van der Waals surface area contributed by atoms with Crippen molar-refractivity contribution in [1.29, 1.82) is 0 Å². The van der Waals surface area contributed by atoms with E-state index in [4.69, 9.17) is 4.74 Å². The normalized spacial score (nSPS) is 10.4. The van der Waals surface area contributed by atoms with Crippen LogP contribution in [0.25, 0.3) is 0 Å². The van der Waals surface area contributed by atoms with Crippen molar-refractivity contribution in [1.82, 2.24) is 0 Å². The minimum Gasteiger partial charge on any atom is -0.456 e. The van der Waals surface area contributed by atoms with Gasteiger partial charge >= 0.3 is 0 Å². The highest BCUT2D eigenvalue weighted by Gasteiger charge is 2.13. The zero-order valence-corrected chi connectivity index (χ0v) is 14.7. The molecule has 0 radical (unpaired) electrons. The molecule has 0 saturated carbocycles. The van der Waals surface area contributed by atoms with Crippen molar-refractivity contribution in [2.45, 2.75) is 0 Å². The summed E-state index contributed by atoms with van der Waals surface area (Å²) < 4.78 is 9.46. The van der Waals surface area contributed by atoms with Gasteiger partial charge in [-0.25, -0.2) is 0 Å². The van der Waals surface area contributed by atoms with E-state index in [-0.39, 0.29) is 0 Å². The predicted octanol–water partition coefficient (Wildman–Crippen LogP) is 6.53. The first-order chi connectivity index (χ1) is 8.09. The summed E-state index contributed by atoms with van der Waals surface area (Å²) in [7, 11) is 0. The second-order valence-electron chi connectivity index (χ2n) is 3.21. The molecule has 2 rings (SSSR count). The molecule has 2 aromatic rings. The van der Waals surface area contributed by atoms with Gasteiger partial charge in [0.05, 0.1) is 8.95 Å². The highest BCUT2D eigenvalue weighted by Crippen LogP contribution is 2.43. The van der Waals surface area contributed by atoms with E-state index in [1.807, 2.05) is 36.4 Å². The van der Waals surface area contributed by atoms with Crippen LogP contribution < -0.4 is 4.74 Å². The number of halogens is 4. The molecule has 0 N–H and O–H groups in total. The SMILES string of the molecule is Brc1cc(Oc2ccccc2)c(Br)c(Br)c1Br. The summed E-state index contributed by atoms with van der Waals surface area (Å²) in [6, 6.07) is 11.6. The molecule has 0 spiro atoms. The Hall–Kier alpha value is 0.160. The van der Waals surface area contributed by atoms with Crippen LogP contribution in [-0.4, -0.2) is 0 Å². The summed E-state index contributed by atoms with van der Waals surface area (Å²) in [5.41, 5.74) is 0. The molecule has 2 aromatic carbocycles. The number of ether oxygens (including phenoxy) is 1. The molecule has 0 aliphatic heterocycles. The van der Waals surface area contributed by atoms with E-state index < -0.39 is 0 Å². The van der Waals surface area contributed by atoms with Crippen LogP contribution in [0.1, 0.15) is 0 Å². The van der Waals surface area contributed by atoms with E-state index in [1.54, 1.807) is 0 Å². The Labute approximate surface area is 133 Å². The zero-order chi connectivity index (χ0) is 12.4. The molecule has 0 aliphatic carbocycles. The molecule has 0 aromatic heterocycles. The fourth-order valence-corrected chi connectivity index (χ4v) is 3.29. The number of hydrogen-bond donors (Lipinski definition) is 0. The number of rotatable bonds is 2. The minimum atomic E-state index is 0.748. The van der Waals surface area contributed by atoms with E-state index in [0.29, 0.717) is 0 Å². The first-order valence-electron chi connectivity index (χ1n) is 4.65. The molecule has 0 bridgehead atoms. The minimum absolute atomic E-state index is 0.748. The summed E-state index contributed by atoms with van der Waals surface area (Å²) >= 11 is 13.9. The Morgan fingerprint density at radius 2 is 1.41 bits per heavy atom. The van der Waals surface area contributed by atoms with Crippen LogP contribution in [0.4, 0.5) is 0 Å². The lowest BCUT2D eigenvalue weighted by molar-refractivity contribution is 0.478. The second-order valence-corrected chi connectivity index (χ2v) is 6.45. The molecule has 0 unspecified atom stereocenters. The Morgan fingerprint density at radius 1 is 0.765 bits per heavy atom. The van der Waals surface area contributed by atoms with E-state index >= 15 is 0 Å². The van der Waals surface area contributed by atoms with E-state index in [2.05, 4.69) is 63.7 Å². The average Bonchev–Trinajstić information content (AvgIpc) is 2.35. The van der Waals surface area contributed by atoms with Crippen molar-refractivity contribution < 1.29 is 4.74 Å². The van der Waals surface area contributed by atoms with E-state index in [9.17, 15) is 0 Å². The maximum absolute atomic E-state index is 5.80. The fraction of sp³-hybridized carbons (Fsp3) is 0. The summed E-state index contributed by atoms with van der Waals surface area (Å²) in [4.78, 5) is 0. The van der Waals surface area contributed by atoms with Crippen molar-refractivity contribution in [2.75, 3.05) is 0 Å². The van der Waals surface area contributed by atoms with Gasteiger partial charge in [0.2, 0.25) is 0 Å². The molecule has 0 aliphatic rings. The van der Waals surface area contributed by atoms with Gasteiger partial charge in [-0.3, -0.25) is 0 Å². The maximum atomic E-state index is 5.80. The van der Waals surface area contributed by atoms with Crippen molar-refractivity contribution in [2.24, 2.45) is 0 Å². The highest BCUT2D eigenvalue weighted by atomic mass is 79.9. The van der Waals surface area contributed by atoms with Crippen LogP contribution in [-0.2, 0) is 0 Å². The first-order valence-corrected chi connectivity index (χ1v) is 7.82. The lowest BCUT2D eigenvalue weighted by atomic mass is 10.3. The van der Waals surface area contributed by atoms with Crippen LogP contribution in [0, 0.1) is 0 Å². The van der Waals surface area contributed by atoms with Crippen molar-refractivity contribution in [3.05, 3.63) is 54.3 Å². The Balaban J connectivity index is 2.41. The second kappa shape index (κ2) is 5.87. The van der Waals surface area contributed by atoms with Crippen molar-refractivity contribution in [3.63, 3.8) is 0 Å². The number of benzene rings is 2. The van der Waals surface area contributed by atoms with Crippen LogP contribution in [0.5, 0.6) is 11.5 Å². The first kappa shape index (κ1) is 13.6. The third-order valence-corrected chi connectivity index (χ3v) is 6.67. The van der Waals surface area contributed by atoms with Crippen LogP contribution >= 0.6 is 63.7 Å². The van der Waals surface area contributed by atoms with Gasteiger partial charge in [-0.2, -0.15) is 0 Å². The van der Waals surface area contributed by atoms with E-state index in [0.717, 1.165) is 29.4 Å². The third-order valence-electron chi connectivity index (χ3n) is 2.04.